The summed E-state index contributed by atoms with van der Waals surface area (Å²) in [5, 5.41) is 0. The van der Waals surface area contributed by atoms with Crippen LogP contribution in [0.15, 0.2) is 37.5 Å². The molecule has 0 bridgehead atoms. The average Bonchev–Trinajstić information content (AvgIpc) is 2.61. The molecule has 0 unspecified atom stereocenters. The molecule has 0 saturated carbocycles. The van der Waals surface area contributed by atoms with Crippen molar-refractivity contribution in [1.82, 2.24) is 0 Å². The standard InChI is InChI=1S/C9H18.C6H12.C4H10.C3H6.C2H6/c1-5-7-8-9(3,4)6-2;1-3-5-6-4-2;1-3-4-2;1-3-2;1-2/h5H,1,6-8H2,2-4H3;5-6H,3-4H2,1-2H3;3-4H2,1-2H3;3H,1H2,2H3;1-2H3/b;6-5+;;;. The highest BCUT2D eigenvalue weighted by atomic mass is 14.2. The Bertz CT molecular complexity index is 200. The van der Waals surface area contributed by atoms with Crippen LogP contribution in [0, 0.1) is 5.41 Å². The Hall–Kier alpha value is -0.780. The lowest BCUT2D eigenvalue weighted by molar-refractivity contribution is 0.325. The zero-order valence-corrected chi connectivity index (χ0v) is 19.2. The number of hydrogen-bond donors (Lipinski definition) is 0. The molecule has 0 aliphatic rings. The van der Waals surface area contributed by atoms with Crippen molar-refractivity contribution in [3.05, 3.63) is 37.5 Å². The van der Waals surface area contributed by atoms with Gasteiger partial charge in [0.1, 0.15) is 0 Å². The van der Waals surface area contributed by atoms with Gasteiger partial charge in [-0.15, -0.1) is 13.2 Å². The summed E-state index contributed by atoms with van der Waals surface area (Å²) in [5.74, 6) is 0. The molecule has 0 nitrogen and oxygen atoms in total. The van der Waals surface area contributed by atoms with Crippen molar-refractivity contribution in [3.63, 3.8) is 0 Å². The van der Waals surface area contributed by atoms with E-state index < -0.39 is 0 Å². The highest BCUT2D eigenvalue weighted by molar-refractivity contribution is 4.77. The Morgan fingerprint density at radius 1 is 0.792 bits per heavy atom. The largest absolute Gasteiger partial charge is 0.103 e. The van der Waals surface area contributed by atoms with E-state index in [1.165, 1.54) is 38.5 Å². The third-order valence-corrected chi connectivity index (χ3v) is 3.12. The monoisotopic (exact) mass is 340 g/mol. The molecule has 0 heteroatoms. The summed E-state index contributed by atoms with van der Waals surface area (Å²) in [7, 11) is 0. The van der Waals surface area contributed by atoms with Crippen molar-refractivity contribution >= 4 is 0 Å². The molecule has 0 aromatic carbocycles. The molecule has 0 rings (SSSR count). The minimum Gasteiger partial charge on any atom is -0.103 e. The van der Waals surface area contributed by atoms with E-state index in [1.54, 1.807) is 6.08 Å². The van der Waals surface area contributed by atoms with E-state index in [0.717, 1.165) is 6.42 Å². The van der Waals surface area contributed by atoms with Crippen molar-refractivity contribution in [2.45, 2.75) is 114 Å². The third-order valence-electron chi connectivity index (χ3n) is 3.12. The maximum atomic E-state index is 3.70. The normalized spacial score (nSPS) is 8.92. The van der Waals surface area contributed by atoms with Gasteiger partial charge in [0.25, 0.3) is 0 Å². The molecule has 0 aliphatic heterocycles. The summed E-state index contributed by atoms with van der Waals surface area (Å²) < 4.78 is 0. The lowest BCUT2D eigenvalue weighted by Crippen LogP contribution is -2.07. The predicted molar refractivity (Wildman–Crippen MR) is 121 cm³/mol. The van der Waals surface area contributed by atoms with Gasteiger partial charge in [0.2, 0.25) is 0 Å². The average molecular weight is 341 g/mol. The Morgan fingerprint density at radius 3 is 1.29 bits per heavy atom. The Balaban J connectivity index is -0.0000000698. The topological polar surface area (TPSA) is 0 Å². The summed E-state index contributed by atoms with van der Waals surface area (Å²) in [6.45, 7) is 28.4. The highest BCUT2D eigenvalue weighted by Gasteiger charge is 2.12. The fourth-order valence-corrected chi connectivity index (χ4v) is 1.00. The van der Waals surface area contributed by atoms with Crippen molar-refractivity contribution in [2.24, 2.45) is 5.41 Å². The lowest BCUT2D eigenvalue weighted by atomic mass is 9.85. The first-order valence-electron chi connectivity index (χ1n) is 10.2. The van der Waals surface area contributed by atoms with E-state index in [0.29, 0.717) is 5.41 Å². The first-order chi connectivity index (χ1) is 11.4. The molecule has 0 aliphatic carbocycles. The van der Waals surface area contributed by atoms with E-state index >= 15 is 0 Å². The fraction of sp³-hybridized carbons (Fsp3) is 0.750. The second-order valence-corrected chi connectivity index (χ2v) is 6.04. The molecule has 148 valence electrons. The van der Waals surface area contributed by atoms with Gasteiger partial charge in [-0.3, -0.25) is 0 Å². The van der Waals surface area contributed by atoms with Crippen LogP contribution in [-0.4, -0.2) is 0 Å². The minimum absolute atomic E-state index is 0.522. The maximum absolute atomic E-state index is 3.70. The molecule has 0 atom stereocenters. The van der Waals surface area contributed by atoms with E-state index in [9.17, 15) is 0 Å². The lowest BCUT2D eigenvalue weighted by Gasteiger charge is -2.20. The molecular formula is C24H52. The molecule has 0 radical (unpaired) electrons. The van der Waals surface area contributed by atoms with E-state index in [-0.39, 0.29) is 0 Å². The molecule has 24 heavy (non-hydrogen) atoms. The van der Waals surface area contributed by atoms with E-state index in [1.807, 2.05) is 26.8 Å². The number of unbranched alkanes of at least 4 members (excludes halogenated alkanes) is 1. The zero-order chi connectivity index (χ0) is 20.3. The smallest absolute Gasteiger partial charge is 0.0348 e. The van der Waals surface area contributed by atoms with Gasteiger partial charge in [0.15, 0.2) is 0 Å². The fourth-order valence-electron chi connectivity index (χ4n) is 1.00. The summed E-state index contributed by atoms with van der Waals surface area (Å²) in [6, 6.07) is 0. The van der Waals surface area contributed by atoms with E-state index in [2.05, 4.69) is 73.8 Å². The minimum atomic E-state index is 0.522. The van der Waals surface area contributed by atoms with E-state index in [4.69, 9.17) is 0 Å². The van der Waals surface area contributed by atoms with Gasteiger partial charge in [0.05, 0.1) is 0 Å². The summed E-state index contributed by atoms with van der Waals surface area (Å²) >= 11 is 0. The molecular weight excluding hydrogens is 288 g/mol. The van der Waals surface area contributed by atoms with Crippen molar-refractivity contribution < 1.29 is 0 Å². The van der Waals surface area contributed by atoms with Crippen LogP contribution in [0.5, 0.6) is 0 Å². The first-order valence-corrected chi connectivity index (χ1v) is 10.2. The summed E-state index contributed by atoms with van der Waals surface area (Å²) in [6.07, 6.45) is 16.8. The van der Waals surface area contributed by atoms with Gasteiger partial charge in [-0.1, -0.05) is 106 Å². The molecule has 0 heterocycles. The van der Waals surface area contributed by atoms with Crippen LogP contribution in [0.4, 0.5) is 0 Å². The van der Waals surface area contributed by atoms with Crippen molar-refractivity contribution in [3.8, 4) is 0 Å². The molecule has 0 aromatic rings. The summed E-state index contributed by atoms with van der Waals surface area (Å²) in [4.78, 5) is 0. The van der Waals surface area contributed by atoms with Crippen LogP contribution in [0.25, 0.3) is 0 Å². The van der Waals surface area contributed by atoms with Crippen LogP contribution in [-0.2, 0) is 0 Å². The molecule has 0 spiro atoms. The van der Waals surface area contributed by atoms with Crippen molar-refractivity contribution in [1.29, 1.82) is 0 Å². The molecule has 0 amide bonds. The number of rotatable bonds is 7. The Morgan fingerprint density at radius 2 is 1.12 bits per heavy atom. The van der Waals surface area contributed by atoms with Crippen LogP contribution >= 0.6 is 0 Å². The van der Waals surface area contributed by atoms with Gasteiger partial charge in [-0.25, -0.2) is 0 Å². The maximum Gasteiger partial charge on any atom is -0.0348 e. The second kappa shape index (κ2) is 38.0. The highest BCUT2D eigenvalue weighted by Crippen LogP contribution is 2.25. The second-order valence-electron chi connectivity index (χ2n) is 6.04. The van der Waals surface area contributed by atoms with Crippen LogP contribution in [0.3, 0.4) is 0 Å². The molecule has 0 N–H and O–H groups in total. The zero-order valence-electron chi connectivity index (χ0n) is 19.2. The van der Waals surface area contributed by atoms with Crippen molar-refractivity contribution in [2.75, 3.05) is 0 Å². The number of hydrogen-bond acceptors (Lipinski definition) is 0. The van der Waals surface area contributed by atoms with Gasteiger partial charge < -0.3 is 0 Å². The Kier molecular flexibility index (Phi) is 54.7. The predicted octanol–water partition coefficient (Wildman–Crippen LogP) is 9.78. The molecule has 0 fully saturated rings. The number of allylic oxidation sites excluding steroid dienone is 4. The van der Waals surface area contributed by atoms with Gasteiger partial charge in [-0.05, 0) is 38.0 Å². The van der Waals surface area contributed by atoms with Crippen LogP contribution in [0.1, 0.15) is 114 Å². The SMILES string of the molecule is C=CC.C=CCCC(C)(C)CC.CC.CC/C=C/CC.CCCC. The molecule has 0 aromatic heterocycles. The van der Waals surface area contributed by atoms with Gasteiger partial charge in [-0.2, -0.15) is 0 Å². The van der Waals surface area contributed by atoms with Gasteiger partial charge in [0, 0.05) is 0 Å². The first kappa shape index (κ1) is 34.5. The quantitative estimate of drug-likeness (QED) is 0.404. The van der Waals surface area contributed by atoms with Crippen LogP contribution in [0.2, 0.25) is 0 Å². The van der Waals surface area contributed by atoms with Gasteiger partial charge >= 0.3 is 0 Å². The third kappa shape index (κ3) is 68.9. The summed E-state index contributed by atoms with van der Waals surface area (Å²) in [5.41, 5.74) is 0.522. The molecule has 0 saturated heterocycles. The Labute approximate surface area is 157 Å². The van der Waals surface area contributed by atoms with Crippen LogP contribution < -0.4 is 0 Å².